The number of aryl methyl sites for hydroxylation is 1. The van der Waals surface area contributed by atoms with Crippen LogP contribution in [-0.4, -0.2) is 46.2 Å². The number of phenols is 1. The number of aliphatic hydroxyl groups is 1. The molecule has 1 aliphatic rings. The van der Waals surface area contributed by atoms with Crippen LogP contribution in [0.3, 0.4) is 0 Å². The number of benzene rings is 1. The van der Waals surface area contributed by atoms with E-state index < -0.39 is 17.3 Å². The van der Waals surface area contributed by atoms with Gasteiger partial charge in [0, 0.05) is 18.4 Å². The molecule has 0 aliphatic carbocycles. The highest BCUT2D eigenvalue weighted by Gasteiger charge is 2.48. The fraction of sp³-hybridized carbons (Fsp3) is 0.571. The van der Waals surface area contributed by atoms with Gasteiger partial charge in [0.2, 0.25) is 0 Å². The number of aromatic hydroxyl groups is 1. The normalized spacial score (nSPS) is 23.2. The van der Waals surface area contributed by atoms with Crippen molar-refractivity contribution in [2.75, 3.05) is 7.11 Å². The predicted molar refractivity (Wildman–Crippen MR) is 133 cm³/mol. The molecule has 0 saturated carbocycles. The van der Waals surface area contributed by atoms with Crippen LogP contribution in [0.15, 0.2) is 35.4 Å². The molecule has 1 fully saturated rings. The van der Waals surface area contributed by atoms with Crippen molar-refractivity contribution in [2.45, 2.75) is 97.4 Å². The van der Waals surface area contributed by atoms with Crippen LogP contribution in [0.5, 0.6) is 11.5 Å². The summed E-state index contributed by atoms with van der Waals surface area (Å²) in [6, 6.07) is 3.35. The molecule has 0 amide bonds. The lowest BCUT2D eigenvalue weighted by Crippen LogP contribution is -2.57. The Morgan fingerprint density at radius 1 is 1.24 bits per heavy atom. The summed E-state index contributed by atoms with van der Waals surface area (Å²) in [5, 5.41) is 19.9. The predicted octanol–water partition coefficient (Wildman–Crippen LogP) is 5.16. The first-order valence-electron chi connectivity index (χ1n) is 11.9. The van der Waals surface area contributed by atoms with Crippen molar-refractivity contribution >= 4 is 11.6 Å². The Kier molecular flexibility index (Phi) is 9.26. The molecule has 0 aromatic heterocycles. The number of allylic oxidation sites excluding steroid dienone is 4. The van der Waals surface area contributed by atoms with Crippen LogP contribution in [0.25, 0.3) is 0 Å². The molecule has 1 heterocycles. The van der Waals surface area contributed by atoms with Gasteiger partial charge >= 0.3 is 0 Å². The summed E-state index contributed by atoms with van der Waals surface area (Å²) in [5.41, 5.74) is 2.00. The van der Waals surface area contributed by atoms with Crippen molar-refractivity contribution in [3.8, 4) is 11.5 Å². The molecule has 6 heteroatoms. The number of aliphatic hydroxyl groups excluding tert-OH is 1. The van der Waals surface area contributed by atoms with Crippen LogP contribution in [0.2, 0.25) is 0 Å². The van der Waals surface area contributed by atoms with E-state index in [4.69, 9.17) is 9.47 Å². The molecule has 2 rings (SSSR count). The zero-order valence-electron chi connectivity index (χ0n) is 21.7. The van der Waals surface area contributed by atoms with Crippen LogP contribution in [-0.2, 0) is 20.7 Å². The average molecular weight is 473 g/mol. The minimum absolute atomic E-state index is 0.0331. The standard InChI is InChI=1S/C28H40O6/c1-18(9-8-12-28(6)25(32)17-24(31)27(4,5)34-28)13-22(29)14-19(2)10-11-21-16-23(30)15-20(3)26(21)33-7/h10,13,15-16,24,30-31H,8-9,11-12,14,17H2,1-7H3/t24-,28+/m0/s1. The fourth-order valence-electron chi connectivity index (χ4n) is 4.54. The number of carbonyl (C=O) groups excluding carboxylic acids is 2. The minimum Gasteiger partial charge on any atom is -0.508 e. The van der Waals surface area contributed by atoms with Gasteiger partial charge in [0.05, 0.1) is 18.8 Å². The third-order valence-electron chi connectivity index (χ3n) is 6.56. The van der Waals surface area contributed by atoms with E-state index in [0.717, 1.165) is 34.4 Å². The van der Waals surface area contributed by atoms with E-state index >= 15 is 0 Å². The molecule has 1 saturated heterocycles. The summed E-state index contributed by atoms with van der Waals surface area (Å²) >= 11 is 0. The highest BCUT2D eigenvalue weighted by molar-refractivity contribution is 5.92. The molecular formula is C28H40O6. The van der Waals surface area contributed by atoms with Crippen molar-refractivity contribution < 1.29 is 29.3 Å². The Balaban J connectivity index is 1.89. The van der Waals surface area contributed by atoms with Gasteiger partial charge < -0.3 is 19.7 Å². The van der Waals surface area contributed by atoms with Gasteiger partial charge in [-0.1, -0.05) is 17.2 Å². The van der Waals surface area contributed by atoms with Gasteiger partial charge in [-0.25, -0.2) is 0 Å². The summed E-state index contributed by atoms with van der Waals surface area (Å²) in [6.45, 7) is 11.1. The second kappa shape index (κ2) is 11.3. The molecule has 6 nitrogen and oxygen atoms in total. The second-order valence-corrected chi connectivity index (χ2v) is 10.3. The van der Waals surface area contributed by atoms with Gasteiger partial charge in [0.25, 0.3) is 0 Å². The molecule has 2 N–H and O–H groups in total. The Labute approximate surface area is 203 Å². The summed E-state index contributed by atoms with van der Waals surface area (Å²) in [4.78, 5) is 25.0. The maximum atomic E-state index is 12.5. The zero-order valence-corrected chi connectivity index (χ0v) is 21.7. The molecule has 0 unspecified atom stereocenters. The highest BCUT2D eigenvalue weighted by Crippen LogP contribution is 2.36. The van der Waals surface area contributed by atoms with Crippen molar-refractivity contribution in [1.29, 1.82) is 0 Å². The summed E-state index contributed by atoms with van der Waals surface area (Å²) in [5.74, 6) is 0.904. The van der Waals surface area contributed by atoms with E-state index in [-0.39, 0.29) is 23.7 Å². The summed E-state index contributed by atoms with van der Waals surface area (Å²) in [7, 11) is 1.61. The Bertz CT molecular complexity index is 971. The van der Waals surface area contributed by atoms with Gasteiger partial charge in [-0.15, -0.1) is 0 Å². The van der Waals surface area contributed by atoms with Gasteiger partial charge in [-0.05, 0) is 91.0 Å². The van der Waals surface area contributed by atoms with Crippen molar-refractivity contribution in [2.24, 2.45) is 0 Å². The fourth-order valence-corrected chi connectivity index (χ4v) is 4.54. The van der Waals surface area contributed by atoms with E-state index in [1.54, 1.807) is 46.1 Å². The molecule has 34 heavy (non-hydrogen) atoms. The SMILES string of the molecule is COc1c(C)cc(O)cc1CC=C(C)CC(=O)C=C(C)CCC[C@@]1(C)OC(C)(C)[C@@H](O)CC1=O. The van der Waals surface area contributed by atoms with Crippen molar-refractivity contribution in [3.05, 3.63) is 46.6 Å². The molecule has 0 bridgehead atoms. The number of carbonyl (C=O) groups is 2. The van der Waals surface area contributed by atoms with Gasteiger partial charge in [-0.3, -0.25) is 9.59 Å². The molecule has 0 radical (unpaired) electrons. The van der Waals surface area contributed by atoms with Crippen LogP contribution < -0.4 is 4.74 Å². The molecule has 1 aromatic rings. The summed E-state index contributed by atoms with van der Waals surface area (Å²) < 4.78 is 11.4. The highest BCUT2D eigenvalue weighted by atomic mass is 16.5. The number of hydrogen-bond donors (Lipinski definition) is 2. The van der Waals surface area contributed by atoms with E-state index in [0.29, 0.717) is 25.7 Å². The number of ether oxygens (including phenoxy) is 2. The summed E-state index contributed by atoms with van der Waals surface area (Å²) in [6.07, 6.45) is 5.83. The van der Waals surface area contributed by atoms with Crippen LogP contribution >= 0.6 is 0 Å². The monoisotopic (exact) mass is 472 g/mol. The van der Waals surface area contributed by atoms with E-state index in [1.165, 1.54) is 0 Å². The first kappa shape index (κ1) is 27.8. The number of ketones is 2. The topological polar surface area (TPSA) is 93.1 Å². The van der Waals surface area contributed by atoms with Gasteiger partial charge in [-0.2, -0.15) is 0 Å². The van der Waals surface area contributed by atoms with Crippen LogP contribution in [0, 0.1) is 6.92 Å². The quantitative estimate of drug-likeness (QED) is 0.361. The Morgan fingerprint density at radius 3 is 2.56 bits per heavy atom. The number of rotatable bonds is 10. The van der Waals surface area contributed by atoms with Crippen molar-refractivity contribution in [3.63, 3.8) is 0 Å². The lowest BCUT2D eigenvalue weighted by atomic mass is 9.81. The minimum atomic E-state index is -0.905. The maximum Gasteiger partial charge on any atom is 0.167 e. The average Bonchev–Trinajstić information content (AvgIpc) is 2.70. The zero-order chi connectivity index (χ0) is 25.7. The third kappa shape index (κ3) is 7.28. The smallest absolute Gasteiger partial charge is 0.167 e. The molecule has 1 aromatic carbocycles. The largest absolute Gasteiger partial charge is 0.508 e. The first-order valence-corrected chi connectivity index (χ1v) is 11.9. The van der Waals surface area contributed by atoms with Crippen molar-refractivity contribution in [1.82, 2.24) is 0 Å². The maximum absolute atomic E-state index is 12.5. The number of methoxy groups -OCH3 is 1. The molecule has 2 atom stereocenters. The van der Waals surface area contributed by atoms with E-state index in [1.807, 2.05) is 26.8 Å². The Morgan fingerprint density at radius 2 is 1.91 bits per heavy atom. The van der Waals surface area contributed by atoms with E-state index in [2.05, 4.69) is 0 Å². The molecule has 188 valence electrons. The van der Waals surface area contributed by atoms with Crippen LogP contribution in [0.4, 0.5) is 0 Å². The lowest BCUT2D eigenvalue weighted by Gasteiger charge is -2.45. The second-order valence-electron chi connectivity index (χ2n) is 10.3. The van der Waals surface area contributed by atoms with Gasteiger partial charge in [0.1, 0.15) is 17.1 Å². The Hall–Kier alpha value is -2.44. The van der Waals surface area contributed by atoms with Gasteiger partial charge in [0.15, 0.2) is 11.6 Å². The lowest BCUT2D eigenvalue weighted by molar-refractivity contribution is -0.211. The number of phenolic OH excluding ortho intramolecular Hbond substituents is 1. The number of hydrogen-bond acceptors (Lipinski definition) is 6. The first-order chi connectivity index (χ1) is 15.8. The molecule has 1 aliphatic heterocycles. The number of Topliss-reactive ketones (excluding diaryl/α,β-unsaturated/α-hetero) is 1. The third-order valence-corrected chi connectivity index (χ3v) is 6.56. The molecule has 0 spiro atoms. The van der Waals surface area contributed by atoms with Crippen LogP contribution in [0.1, 0.15) is 77.8 Å². The van der Waals surface area contributed by atoms with E-state index in [9.17, 15) is 19.8 Å². The molecular weight excluding hydrogens is 432 g/mol.